The number of aryl methyl sites for hydroxylation is 1. The molecule has 1 aliphatic rings. The Morgan fingerprint density at radius 2 is 1.80 bits per heavy atom. The van der Waals surface area contributed by atoms with E-state index in [0.29, 0.717) is 12.5 Å². The Balaban J connectivity index is 0.00000450. The summed E-state index contributed by atoms with van der Waals surface area (Å²) in [5.41, 5.74) is 1.29. The molecule has 0 amide bonds. The quantitative estimate of drug-likeness (QED) is 0.170. The SMILES string of the molecule is CCOCCC1(CNC(=NC)NCCNS(=O)(=O)c2ccc(C)cc2)CCCC1.I. The zero-order chi connectivity index (χ0) is 21.2. The van der Waals surface area contributed by atoms with Gasteiger partial charge in [0.1, 0.15) is 0 Å². The number of benzene rings is 1. The number of hydrogen-bond acceptors (Lipinski definition) is 4. The number of nitrogens with one attached hydrogen (secondary N) is 3. The van der Waals surface area contributed by atoms with Crippen LogP contribution in [-0.2, 0) is 14.8 Å². The van der Waals surface area contributed by atoms with Gasteiger partial charge in [0.15, 0.2) is 5.96 Å². The first-order valence-corrected chi connectivity index (χ1v) is 12.0. The molecule has 30 heavy (non-hydrogen) atoms. The highest BCUT2D eigenvalue weighted by molar-refractivity contribution is 14.0. The smallest absolute Gasteiger partial charge is 0.240 e. The van der Waals surface area contributed by atoms with Crippen LogP contribution >= 0.6 is 24.0 Å². The standard InChI is InChI=1S/C21H36N4O3S.HI/c1-4-28-16-13-21(11-5-6-12-21)17-24-20(22-3)23-14-15-25-29(26,27)19-9-7-18(2)8-10-19;/h7-10,25H,4-6,11-17H2,1-3H3,(H2,22,23,24);1H. The summed E-state index contributed by atoms with van der Waals surface area (Å²) in [6, 6.07) is 6.83. The minimum atomic E-state index is -3.49. The Morgan fingerprint density at radius 3 is 2.40 bits per heavy atom. The van der Waals surface area contributed by atoms with Crippen LogP contribution in [0.2, 0.25) is 0 Å². The Morgan fingerprint density at radius 1 is 1.13 bits per heavy atom. The Kier molecular flexibility index (Phi) is 12.2. The molecular weight excluding hydrogens is 515 g/mol. The molecule has 1 aliphatic carbocycles. The van der Waals surface area contributed by atoms with Crippen molar-refractivity contribution in [3.8, 4) is 0 Å². The average molecular weight is 553 g/mol. The van der Waals surface area contributed by atoms with Crippen LogP contribution in [0.1, 0.15) is 44.6 Å². The number of nitrogens with zero attached hydrogens (tertiary/aromatic N) is 1. The minimum absolute atomic E-state index is 0. The van der Waals surface area contributed by atoms with Gasteiger partial charge >= 0.3 is 0 Å². The maximum Gasteiger partial charge on any atom is 0.240 e. The van der Waals surface area contributed by atoms with Crippen LogP contribution in [0.4, 0.5) is 0 Å². The van der Waals surface area contributed by atoms with Gasteiger partial charge in [-0.05, 0) is 50.7 Å². The van der Waals surface area contributed by atoms with Crippen LogP contribution in [0.15, 0.2) is 34.2 Å². The molecule has 0 aromatic heterocycles. The number of ether oxygens (including phenoxy) is 1. The highest BCUT2D eigenvalue weighted by atomic mass is 127. The summed E-state index contributed by atoms with van der Waals surface area (Å²) in [6.07, 6.45) is 6.00. The normalized spacial score (nSPS) is 16.2. The third kappa shape index (κ3) is 8.68. The third-order valence-electron chi connectivity index (χ3n) is 5.54. The van der Waals surface area contributed by atoms with Gasteiger partial charge in [0, 0.05) is 39.9 Å². The maximum absolute atomic E-state index is 12.3. The summed E-state index contributed by atoms with van der Waals surface area (Å²) in [6.45, 7) is 7.10. The van der Waals surface area contributed by atoms with Crippen LogP contribution < -0.4 is 15.4 Å². The lowest BCUT2D eigenvalue weighted by atomic mass is 9.83. The van der Waals surface area contributed by atoms with Crippen LogP contribution in [-0.4, -0.2) is 54.3 Å². The molecular formula is C21H37IN4O3S. The van der Waals surface area contributed by atoms with Gasteiger partial charge in [0.25, 0.3) is 0 Å². The summed E-state index contributed by atoms with van der Waals surface area (Å²) in [5, 5.41) is 6.61. The molecule has 0 bridgehead atoms. The summed E-state index contributed by atoms with van der Waals surface area (Å²) < 4.78 is 32.8. The number of sulfonamides is 1. The van der Waals surface area contributed by atoms with E-state index in [-0.39, 0.29) is 40.8 Å². The molecule has 0 spiro atoms. The second-order valence-corrected chi connectivity index (χ2v) is 9.48. The van der Waals surface area contributed by atoms with Gasteiger partial charge in [-0.15, -0.1) is 24.0 Å². The van der Waals surface area contributed by atoms with Crippen molar-refractivity contribution >= 4 is 40.0 Å². The van der Waals surface area contributed by atoms with Gasteiger partial charge in [0.05, 0.1) is 4.90 Å². The molecule has 1 fully saturated rings. The number of rotatable bonds is 11. The molecule has 9 heteroatoms. The second-order valence-electron chi connectivity index (χ2n) is 7.72. The van der Waals surface area contributed by atoms with E-state index in [9.17, 15) is 8.42 Å². The molecule has 0 atom stereocenters. The minimum Gasteiger partial charge on any atom is -0.382 e. The van der Waals surface area contributed by atoms with E-state index in [0.717, 1.165) is 31.7 Å². The van der Waals surface area contributed by atoms with Crippen molar-refractivity contribution in [1.29, 1.82) is 0 Å². The lowest BCUT2D eigenvalue weighted by Crippen LogP contribution is -2.45. The second kappa shape index (κ2) is 13.5. The Bertz CT molecular complexity index is 748. The average Bonchev–Trinajstić information content (AvgIpc) is 3.17. The zero-order valence-electron chi connectivity index (χ0n) is 18.4. The van der Waals surface area contributed by atoms with Crippen molar-refractivity contribution in [3.05, 3.63) is 29.8 Å². The predicted octanol–water partition coefficient (Wildman–Crippen LogP) is 3.04. The van der Waals surface area contributed by atoms with Gasteiger partial charge in [-0.2, -0.15) is 0 Å². The van der Waals surface area contributed by atoms with Crippen molar-refractivity contribution in [2.24, 2.45) is 10.4 Å². The first kappa shape index (κ1) is 27.1. The molecule has 1 aromatic carbocycles. The van der Waals surface area contributed by atoms with Crippen molar-refractivity contribution in [2.45, 2.75) is 50.8 Å². The van der Waals surface area contributed by atoms with E-state index in [4.69, 9.17) is 4.74 Å². The molecule has 0 unspecified atom stereocenters. The van der Waals surface area contributed by atoms with E-state index in [1.807, 2.05) is 13.8 Å². The van der Waals surface area contributed by atoms with E-state index in [1.165, 1.54) is 25.7 Å². The van der Waals surface area contributed by atoms with Gasteiger partial charge in [-0.25, -0.2) is 13.1 Å². The lowest BCUT2D eigenvalue weighted by Gasteiger charge is -2.30. The molecule has 172 valence electrons. The molecule has 1 aromatic rings. The topological polar surface area (TPSA) is 91.8 Å². The van der Waals surface area contributed by atoms with Crippen molar-refractivity contribution < 1.29 is 13.2 Å². The monoisotopic (exact) mass is 552 g/mol. The molecule has 0 saturated heterocycles. The summed E-state index contributed by atoms with van der Waals surface area (Å²) >= 11 is 0. The maximum atomic E-state index is 12.3. The molecule has 3 N–H and O–H groups in total. The van der Waals surface area contributed by atoms with Crippen LogP contribution in [0.3, 0.4) is 0 Å². The largest absolute Gasteiger partial charge is 0.382 e. The van der Waals surface area contributed by atoms with E-state index < -0.39 is 10.0 Å². The third-order valence-corrected chi connectivity index (χ3v) is 7.02. The van der Waals surface area contributed by atoms with Crippen LogP contribution in [0.25, 0.3) is 0 Å². The fourth-order valence-electron chi connectivity index (χ4n) is 3.73. The van der Waals surface area contributed by atoms with E-state index in [2.05, 4.69) is 20.3 Å². The lowest BCUT2D eigenvalue weighted by molar-refractivity contribution is 0.105. The number of halogens is 1. The highest BCUT2D eigenvalue weighted by Crippen LogP contribution is 2.40. The summed E-state index contributed by atoms with van der Waals surface area (Å²) in [7, 11) is -1.76. The fourth-order valence-corrected chi connectivity index (χ4v) is 4.76. The number of hydrogen-bond donors (Lipinski definition) is 3. The molecule has 0 heterocycles. The first-order chi connectivity index (χ1) is 13.9. The van der Waals surface area contributed by atoms with Crippen molar-refractivity contribution in [1.82, 2.24) is 15.4 Å². The summed E-state index contributed by atoms with van der Waals surface area (Å²) in [4.78, 5) is 4.55. The number of guanidine groups is 1. The van der Waals surface area contributed by atoms with Gasteiger partial charge < -0.3 is 15.4 Å². The van der Waals surface area contributed by atoms with E-state index in [1.54, 1.807) is 31.3 Å². The number of aliphatic imine (C=N–C) groups is 1. The molecule has 1 saturated carbocycles. The molecule has 0 aliphatic heterocycles. The molecule has 2 rings (SSSR count). The van der Waals surface area contributed by atoms with Crippen LogP contribution in [0, 0.1) is 12.3 Å². The van der Waals surface area contributed by atoms with Gasteiger partial charge in [-0.1, -0.05) is 30.5 Å². The van der Waals surface area contributed by atoms with Crippen molar-refractivity contribution in [2.75, 3.05) is 39.9 Å². The highest BCUT2D eigenvalue weighted by Gasteiger charge is 2.33. The fraction of sp³-hybridized carbons (Fsp3) is 0.667. The van der Waals surface area contributed by atoms with E-state index >= 15 is 0 Å². The van der Waals surface area contributed by atoms with Gasteiger partial charge in [0.2, 0.25) is 10.0 Å². The Hall–Kier alpha value is -0.910. The molecule has 7 nitrogen and oxygen atoms in total. The van der Waals surface area contributed by atoms with Crippen molar-refractivity contribution in [3.63, 3.8) is 0 Å². The summed E-state index contributed by atoms with van der Waals surface area (Å²) in [5.74, 6) is 0.696. The predicted molar refractivity (Wildman–Crippen MR) is 133 cm³/mol. The molecule has 0 radical (unpaired) electrons. The Labute approximate surface area is 198 Å². The first-order valence-electron chi connectivity index (χ1n) is 10.5. The van der Waals surface area contributed by atoms with Crippen LogP contribution in [0.5, 0.6) is 0 Å². The van der Waals surface area contributed by atoms with Gasteiger partial charge in [-0.3, -0.25) is 4.99 Å². The zero-order valence-corrected chi connectivity index (χ0v) is 21.5.